The van der Waals surface area contributed by atoms with Crippen LogP contribution in [0.15, 0.2) is 12.1 Å². The lowest BCUT2D eigenvalue weighted by atomic mass is 9.84. The molecular weight excluding hydrogens is 236 g/mol. The zero-order chi connectivity index (χ0) is 12.7. The molecule has 0 saturated heterocycles. The first-order valence-corrected chi connectivity index (χ1v) is 6.26. The summed E-state index contributed by atoms with van der Waals surface area (Å²) < 4.78 is 26.7. The summed E-state index contributed by atoms with van der Waals surface area (Å²) in [7, 11) is 0. The molecule has 0 bridgehead atoms. The number of benzene rings is 1. The first-order chi connectivity index (χ1) is 8.66. The monoisotopic (exact) mass is 251 g/mol. The van der Waals surface area contributed by atoms with Crippen molar-refractivity contribution in [2.75, 3.05) is 0 Å². The number of hydrogen-bond acceptors (Lipinski definition) is 2. The molecule has 1 saturated carbocycles. The molecular formula is C13H15F2N3. The minimum atomic E-state index is -0.889. The van der Waals surface area contributed by atoms with Crippen LogP contribution in [0.2, 0.25) is 0 Å². The van der Waals surface area contributed by atoms with E-state index in [1.807, 2.05) is 0 Å². The van der Waals surface area contributed by atoms with E-state index in [1.165, 1.54) is 6.07 Å². The average Bonchev–Trinajstić information content (AvgIpc) is 2.79. The highest BCUT2D eigenvalue weighted by Crippen LogP contribution is 2.32. The zero-order valence-corrected chi connectivity index (χ0v) is 9.92. The Kier molecular flexibility index (Phi) is 2.78. The summed E-state index contributed by atoms with van der Waals surface area (Å²) in [6, 6.07) is 2.67. The van der Waals surface area contributed by atoms with E-state index in [0.717, 1.165) is 31.7 Å². The van der Waals surface area contributed by atoms with Gasteiger partial charge in [0, 0.05) is 12.0 Å². The molecule has 1 fully saturated rings. The predicted molar refractivity (Wildman–Crippen MR) is 65.2 cm³/mol. The lowest BCUT2D eigenvalue weighted by Crippen LogP contribution is -2.31. The van der Waals surface area contributed by atoms with Gasteiger partial charge in [-0.1, -0.05) is 12.8 Å². The molecule has 3 N–H and O–H groups in total. The second-order valence-electron chi connectivity index (χ2n) is 4.93. The number of nitrogens with one attached hydrogen (secondary N) is 1. The van der Waals surface area contributed by atoms with Crippen molar-refractivity contribution in [2.24, 2.45) is 5.73 Å². The van der Waals surface area contributed by atoms with Crippen molar-refractivity contribution in [1.29, 1.82) is 0 Å². The van der Waals surface area contributed by atoms with Crippen LogP contribution in [0.1, 0.15) is 37.4 Å². The topological polar surface area (TPSA) is 54.7 Å². The number of aromatic nitrogens is 2. The summed E-state index contributed by atoms with van der Waals surface area (Å²) >= 11 is 0. The molecule has 1 aliphatic carbocycles. The minimum Gasteiger partial charge on any atom is -0.342 e. The Bertz CT molecular complexity index is 579. The fourth-order valence-electron chi connectivity index (χ4n) is 2.71. The summed E-state index contributed by atoms with van der Waals surface area (Å²) in [5, 5.41) is 0. The van der Waals surface area contributed by atoms with E-state index in [0.29, 0.717) is 11.3 Å². The Morgan fingerprint density at radius 1 is 1.22 bits per heavy atom. The van der Waals surface area contributed by atoms with Crippen molar-refractivity contribution >= 4 is 11.0 Å². The van der Waals surface area contributed by atoms with E-state index in [-0.39, 0.29) is 17.5 Å². The molecule has 1 aromatic heterocycles. The van der Waals surface area contributed by atoms with Crippen LogP contribution >= 0.6 is 0 Å². The number of halogens is 2. The molecule has 2 unspecified atom stereocenters. The number of nitrogens with two attached hydrogens (primary N) is 1. The maximum atomic E-state index is 13.6. The van der Waals surface area contributed by atoms with Crippen LogP contribution in [0.25, 0.3) is 11.0 Å². The van der Waals surface area contributed by atoms with Gasteiger partial charge in [-0.15, -0.1) is 0 Å². The highest BCUT2D eigenvalue weighted by Gasteiger charge is 2.26. The van der Waals surface area contributed by atoms with E-state index in [4.69, 9.17) is 5.73 Å². The van der Waals surface area contributed by atoms with Crippen LogP contribution in [0, 0.1) is 11.6 Å². The molecule has 96 valence electrons. The first kappa shape index (κ1) is 11.6. The number of aromatic amines is 1. The summed E-state index contributed by atoms with van der Waals surface area (Å²) in [6.07, 6.45) is 4.14. The third-order valence-corrected chi connectivity index (χ3v) is 3.73. The summed E-state index contributed by atoms with van der Waals surface area (Å²) in [5.74, 6) is -0.955. The third-order valence-electron chi connectivity index (χ3n) is 3.73. The van der Waals surface area contributed by atoms with Crippen molar-refractivity contribution in [3.8, 4) is 0 Å². The van der Waals surface area contributed by atoms with Crippen molar-refractivity contribution in [2.45, 2.75) is 37.6 Å². The molecule has 0 radical (unpaired) electrons. The quantitative estimate of drug-likeness (QED) is 0.818. The Labute approximate surface area is 103 Å². The molecule has 3 rings (SSSR count). The van der Waals surface area contributed by atoms with Crippen LogP contribution in [-0.2, 0) is 0 Å². The molecule has 1 aromatic carbocycles. The van der Waals surface area contributed by atoms with Gasteiger partial charge in [0.15, 0.2) is 11.6 Å². The van der Waals surface area contributed by atoms with E-state index >= 15 is 0 Å². The highest BCUT2D eigenvalue weighted by molar-refractivity contribution is 5.75. The van der Waals surface area contributed by atoms with Gasteiger partial charge in [0.1, 0.15) is 11.3 Å². The van der Waals surface area contributed by atoms with Crippen molar-refractivity contribution < 1.29 is 8.78 Å². The first-order valence-electron chi connectivity index (χ1n) is 6.26. The number of fused-ring (bicyclic) bond motifs is 1. The average molecular weight is 251 g/mol. The molecule has 18 heavy (non-hydrogen) atoms. The normalized spacial score (nSPS) is 24.6. The third kappa shape index (κ3) is 1.79. The molecule has 1 aliphatic rings. The SMILES string of the molecule is NC1CCCCC1c1nc2c(F)c(F)ccc2[nH]1. The van der Waals surface area contributed by atoms with E-state index in [1.54, 1.807) is 0 Å². The van der Waals surface area contributed by atoms with Gasteiger partial charge < -0.3 is 10.7 Å². The van der Waals surface area contributed by atoms with E-state index < -0.39 is 11.6 Å². The number of imidazole rings is 1. The van der Waals surface area contributed by atoms with Crippen LogP contribution in [0.5, 0.6) is 0 Å². The van der Waals surface area contributed by atoms with Gasteiger partial charge in [-0.05, 0) is 25.0 Å². The van der Waals surface area contributed by atoms with E-state index in [2.05, 4.69) is 9.97 Å². The van der Waals surface area contributed by atoms with Crippen molar-refractivity contribution in [3.05, 3.63) is 29.6 Å². The van der Waals surface area contributed by atoms with Gasteiger partial charge >= 0.3 is 0 Å². The fourth-order valence-corrected chi connectivity index (χ4v) is 2.71. The lowest BCUT2D eigenvalue weighted by Gasteiger charge is -2.26. The predicted octanol–water partition coefficient (Wildman–Crippen LogP) is 2.83. The van der Waals surface area contributed by atoms with E-state index in [9.17, 15) is 8.78 Å². The van der Waals surface area contributed by atoms with Crippen molar-refractivity contribution in [3.63, 3.8) is 0 Å². The molecule has 1 heterocycles. The number of nitrogens with zero attached hydrogens (tertiary/aromatic N) is 1. The van der Waals surface area contributed by atoms with Gasteiger partial charge in [0.25, 0.3) is 0 Å². The molecule has 2 atom stereocenters. The second kappa shape index (κ2) is 4.31. The fraction of sp³-hybridized carbons (Fsp3) is 0.462. The number of hydrogen-bond donors (Lipinski definition) is 2. The molecule has 3 nitrogen and oxygen atoms in total. The molecule has 0 amide bonds. The molecule has 5 heteroatoms. The van der Waals surface area contributed by atoms with Gasteiger partial charge in [0.2, 0.25) is 0 Å². The Morgan fingerprint density at radius 3 is 2.78 bits per heavy atom. The Morgan fingerprint density at radius 2 is 2.00 bits per heavy atom. The molecule has 0 aliphatic heterocycles. The van der Waals surface area contributed by atoms with Gasteiger partial charge in [-0.25, -0.2) is 13.8 Å². The summed E-state index contributed by atoms with van der Waals surface area (Å²) in [6.45, 7) is 0. The summed E-state index contributed by atoms with van der Waals surface area (Å²) in [5.41, 5.74) is 6.67. The Balaban J connectivity index is 2.05. The maximum absolute atomic E-state index is 13.6. The van der Waals surface area contributed by atoms with Gasteiger partial charge in [-0.2, -0.15) is 0 Å². The Hall–Kier alpha value is -1.49. The maximum Gasteiger partial charge on any atom is 0.186 e. The summed E-state index contributed by atoms with van der Waals surface area (Å²) in [4.78, 5) is 7.26. The van der Waals surface area contributed by atoms with Crippen LogP contribution in [-0.4, -0.2) is 16.0 Å². The van der Waals surface area contributed by atoms with Crippen LogP contribution < -0.4 is 5.73 Å². The zero-order valence-electron chi connectivity index (χ0n) is 9.92. The minimum absolute atomic E-state index is 0.0484. The standard InChI is InChI=1S/C13H15F2N3/c14-8-5-6-10-12(11(8)15)18-13(17-10)7-3-1-2-4-9(7)16/h5-7,9H,1-4,16H2,(H,17,18). The number of H-pyrrole nitrogens is 1. The van der Waals surface area contributed by atoms with Crippen LogP contribution in [0.3, 0.4) is 0 Å². The second-order valence-corrected chi connectivity index (χ2v) is 4.93. The van der Waals surface area contributed by atoms with Crippen molar-refractivity contribution in [1.82, 2.24) is 9.97 Å². The number of rotatable bonds is 1. The largest absolute Gasteiger partial charge is 0.342 e. The van der Waals surface area contributed by atoms with Gasteiger partial charge in [-0.3, -0.25) is 0 Å². The highest BCUT2D eigenvalue weighted by atomic mass is 19.2. The molecule has 2 aromatic rings. The lowest BCUT2D eigenvalue weighted by molar-refractivity contribution is 0.375. The molecule has 0 spiro atoms. The smallest absolute Gasteiger partial charge is 0.186 e. The van der Waals surface area contributed by atoms with Gasteiger partial charge in [0.05, 0.1) is 5.52 Å². The van der Waals surface area contributed by atoms with Crippen LogP contribution in [0.4, 0.5) is 8.78 Å².